The highest BCUT2D eigenvalue weighted by atomic mass is 32.1. The molecule has 2 aliphatic heterocycles. The molecule has 0 fully saturated rings. The number of hydrogen-bond acceptors (Lipinski definition) is 10. The maximum atomic E-state index is 13.2. The van der Waals surface area contributed by atoms with Crippen molar-refractivity contribution >= 4 is 23.3 Å². The van der Waals surface area contributed by atoms with Crippen LogP contribution in [0.5, 0.6) is 0 Å². The van der Waals surface area contributed by atoms with E-state index in [1.807, 2.05) is 24.4 Å². The number of ether oxygens (including phenoxy) is 2. The molecule has 162 valence electrons. The van der Waals surface area contributed by atoms with Gasteiger partial charge in [-0.15, -0.1) is 11.3 Å². The second-order valence-corrected chi connectivity index (χ2v) is 8.13. The van der Waals surface area contributed by atoms with Gasteiger partial charge in [-0.3, -0.25) is 4.79 Å². The lowest BCUT2D eigenvalue weighted by atomic mass is 9.72. The summed E-state index contributed by atoms with van der Waals surface area (Å²) >= 11 is 1.36. The zero-order valence-electron chi connectivity index (χ0n) is 17.8. The number of thiophene rings is 1. The van der Waals surface area contributed by atoms with Crippen LogP contribution >= 0.6 is 11.3 Å². The Kier molecular flexibility index (Phi) is 6.06. The third-order valence-electron chi connectivity index (χ3n) is 5.79. The number of carbonyl (C=O) groups is 2. The van der Waals surface area contributed by atoms with Crippen LogP contribution < -0.4 is 5.73 Å². The Balaban J connectivity index is 2.48. The summed E-state index contributed by atoms with van der Waals surface area (Å²) in [4.78, 5) is 28.3. The molecule has 0 amide bonds. The van der Waals surface area contributed by atoms with Gasteiger partial charge in [-0.2, -0.15) is 15.8 Å². The molecule has 0 spiro atoms. The number of nitrogens with zero attached hydrogens (tertiary/aromatic N) is 4. The number of carbonyl (C=O) groups excluding carboxylic acids is 2. The van der Waals surface area contributed by atoms with E-state index in [-0.39, 0.29) is 28.1 Å². The number of nitriles is 3. The smallest absolute Gasteiger partial charge is 0.336 e. The zero-order chi connectivity index (χ0) is 23.7. The van der Waals surface area contributed by atoms with Gasteiger partial charge in [0.2, 0.25) is 0 Å². The van der Waals surface area contributed by atoms with Gasteiger partial charge in [0.15, 0.2) is 0 Å². The third kappa shape index (κ3) is 3.11. The predicted molar refractivity (Wildman–Crippen MR) is 113 cm³/mol. The summed E-state index contributed by atoms with van der Waals surface area (Å²) in [5.74, 6) is -3.25. The van der Waals surface area contributed by atoms with Crippen LogP contribution in [0.2, 0.25) is 0 Å². The monoisotopic (exact) mass is 449 g/mol. The van der Waals surface area contributed by atoms with E-state index in [9.17, 15) is 25.4 Å². The standard InChI is InChI=1S/C22H19N5O4S/c1-10-5-6-32-19(10)16-14(21(28)30-3)11(2)27-18(17(16)22(29)31-4)15(12(7-23)8-24)13(9-25)20(27)26/h5-6,16-18H,26H2,1-4H3/t16-,17-,18-/m1/s1. The molecule has 3 rings (SSSR count). The molecule has 9 nitrogen and oxygen atoms in total. The van der Waals surface area contributed by atoms with Crippen LogP contribution in [0.1, 0.15) is 23.3 Å². The fraction of sp³-hybridized carbons (Fsp3) is 0.318. The molecule has 1 aromatic heterocycles. The van der Waals surface area contributed by atoms with Crippen LogP contribution in [0.25, 0.3) is 0 Å². The van der Waals surface area contributed by atoms with Crippen molar-refractivity contribution in [2.24, 2.45) is 11.7 Å². The number of rotatable bonds is 3. The van der Waals surface area contributed by atoms with E-state index >= 15 is 0 Å². The topological polar surface area (TPSA) is 153 Å². The van der Waals surface area contributed by atoms with Crippen molar-refractivity contribution in [3.63, 3.8) is 0 Å². The van der Waals surface area contributed by atoms with Crippen molar-refractivity contribution in [2.45, 2.75) is 25.8 Å². The van der Waals surface area contributed by atoms with E-state index in [4.69, 9.17) is 15.2 Å². The lowest BCUT2D eigenvalue weighted by Gasteiger charge is -2.43. The quantitative estimate of drug-likeness (QED) is 0.540. The Labute approximate surface area is 188 Å². The first-order chi connectivity index (χ1) is 15.3. The van der Waals surface area contributed by atoms with E-state index in [1.54, 1.807) is 19.1 Å². The molecule has 0 aliphatic carbocycles. The molecule has 3 heterocycles. The van der Waals surface area contributed by atoms with E-state index in [1.165, 1.54) is 30.5 Å². The number of esters is 2. The summed E-state index contributed by atoms with van der Waals surface area (Å²) < 4.78 is 10.1. The molecule has 0 unspecified atom stereocenters. The SMILES string of the molecule is COC(=O)C1=C(C)N2C(N)=C(C#N)C(=C(C#N)C#N)[C@@H]2[C@H](C(=O)OC)[C@@H]1c1sccc1C. The Morgan fingerprint density at radius 2 is 1.81 bits per heavy atom. The van der Waals surface area contributed by atoms with Crippen molar-refractivity contribution in [3.8, 4) is 18.2 Å². The molecule has 32 heavy (non-hydrogen) atoms. The highest BCUT2D eigenvalue weighted by Gasteiger charge is 2.55. The minimum absolute atomic E-state index is 0.0490. The minimum atomic E-state index is -1.08. The van der Waals surface area contributed by atoms with Gasteiger partial charge in [0.25, 0.3) is 0 Å². The summed E-state index contributed by atoms with van der Waals surface area (Å²) in [5.41, 5.74) is 7.31. The fourth-order valence-corrected chi connectivity index (χ4v) is 5.53. The van der Waals surface area contributed by atoms with Crippen LogP contribution in [0.3, 0.4) is 0 Å². The summed E-state index contributed by atoms with van der Waals surface area (Å²) in [6, 6.07) is 6.44. The highest BCUT2D eigenvalue weighted by Crippen LogP contribution is 2.52. The van der Waals surface area contributed by atoms with Crippen molar-refractivity contribution in [2.75, 3.05) is 14.2 Å². The maximum Gasteiger partial charge on any atom is 0.336 e. The fourth-order valence-electron chi connectivity index (χ4n) is 4.45. The highest BCUT2D eigenvalue weighted by molar-refractivity contribution is 7.10. The number of allylic oxidation sites excluding steroid dienone is 2. The van der Waals surface area contributed by atoms with Crippen LogP contribution in [0, 0.1) is 46.8 Å². The summed E-state index contributed by atoms with van der Waals surface area (Å²) in [6.07, 6.45) is 0. The largest absolute Gasteiger partial charge is 0.469 e. The molecule has 0 aromatic carbocycles. The van der Waals surface area contributed by atoms with Gasteiger partial charge in [0, 0.05) is 22.1 Å². The van der Waals surface area contributed by atoms with Crippen LogP contribution in [-0.4, -0.2) is 37.1 Å². The summed E-state index contributed by atoms with van der Waals surface area (Å²) in [7, 11) is 2.45. The maximum absolute atomic E-state index is 13.2. The van der Waals surface area contributed by atoms with E-state index in [0.717, 1.165) is 10.4 Å². The minimum Gasteiger partial charge on any atom is -0.469 e. The zero-order valence-corrected chi connectivity index (χ0v) is 18.6. The lowest BCUT2D eigenvalue weighted by molar-refractivity contribution is -0.148. The average Bonchev–Trinajstić information content (AvgIpc) is 3.34. The predicted octanol–water partition coefficient (Wildman–Crippen LogP) is 2.11. The number of hydrogen-bond donors (Lipinski definition) is 1. The summed E-state index contributed by atoms with van der Waals surface area (Å²) in [6.45, 7) is 3.48. The van der Waals surface area contributed by atoms with E-state index < -0.39 is 29.8 Å². The lowest BCUT2D eigenvalue weighted by Crippen LogP contribution is -2.50. The Hall–Kier alpha value is -4.07. The third-order valence-corrected chi connectivity index (χ3v) is 6.89. The van der Waals surface area contributed by atoms with Gasteiger partial charge >= 0.3 is 11.9 Å². The van der Waals surface area contributed by atoms with Gasteiger partial charge in [0.05, 0.1) is 37.3 Å². The number of fused-ring (bicyclic) bond motifs is 1. The normalized spacial score (nSPS) is 22.0. The number of aryl methyl sites for hydroxylation is 1. The molecule has 0 bridgehead atoms. The number of nitrogens with two attached hydrogens (primary N) is 1. The average molecular weight is 449 g/mol. The van der Waals surface area contributed by atoms with Gasteiger partial charge in [-0.25, -0.2) is 4.79 Å². The van der Waals surface area contributed by atoms with Crippen LogP contribution in [0.15, 0.2) is 45.3 Å². The van der Waals surface area contributed by atoms with Crippen molar-refractivity contribution in [3.05, 3.63) is 55.7 Å². The Morgan fingerprint density at radius 1 is 1.16 bits per heavy atom. The first-order valence-corrected chi connectivity index (χ1v) is 10.3. The molecule has 10 heteroatoms. The first kappa shape index (κ1) is 22.6. The van der Waals surface area contributed by atoms with E-state index in [0.29, 0.717) is 5.70 Å². The van der Waals surface area contributed by atoms with Crippen molar-refractivity contribution < 1.29 is 19.1 Å². The van der Waals surface area contributed by atoms with Gasteiger partial charge < -0.3 is 20.1 Å². The molecule has 2 aliphatic rings. The van der Waals surface area contributed by atoms with Crippen molar-refractivity contribution in [1.29, 1.82) is 15.8 Å². The second kappa shape index (κ2) is 8.58. The van der Waals surface area contributed by atoms with Gasteiger partial charge in [0.1, 0.15) is 29.6 Å². The second-order valence-electron chi connectivity index (χ2n) is 7.18. The van der Waals surface area contributed by atoms with Crippen molar-refractivity contribution in [1.82, 2.24) is 4.90 Å². The van der Waals surface area contributed by atoms with E-state index in [2.05, 4.69) is 0 Å². The molecule has 2 N–H and O–H groups in total. The van der Waals surface area contributed by atoms with Gasteiger partial charge in [-0.1, -0.05) is 0 Å². The molecule has 0 saturated heterocycles. The van der Waals surface area contributed by atoms with Crippen LogP contribution in [0.4, 0.5) is 0 Å². The Morgan fingerprint density at radius 3 is 2.28 bits per heavy atom. The number of methoxy groups -OCH3 is 2. The molecule has 0 radical (unpaired) electrons. The molecule has 3 atom stereocenters. The molecule has 0 saturated carbocycles. The molecular weight excluding hydrogens is 430 g/mol. The molecule has 1 aromatic rings. The molecular formula is C22H19N5O4S. The van der Waals surface area contributed by atoms with Crippen LogP contribution in [-0.2, 0) is 19.1 Å². The summed E-state index contributed by atoms with van der Waals surface area (Å²) in [5, 5.41) is 30.8. The van der Waals surface area contributed by atoms with Gasteiger partial charge in [-0.05, 0) is 30.9 Å². The Bertz CT molecular complexity index is 1220. The first-order valence-electron chi connectivity index (χ1n) is 9.43.